The minimum absolute atomic E-state index is 0.0234. The molecular weight excluding hydrogens is 221 g/mol. The summed E-state index contributed by atoms with van der Waals surface area (Å²) in [7, 11) is 1.77. The lowest BCUT2D eigenvalue weighted by molar-refractivity contribution is -0.189. The highest BCUT2D eigenvalue weighted by Gasteiger charge is 2.38. The highest BCUT2D eigenvalue weighted by atomic mass is 19.4. The fraction of sp³-hybridized carbons (Fsp3) is 0.500. The molecular formula is C10H13F3N2O. The third-order valence-electron chi connectivity index (χ3n) is 1.94. The number of nitrogens with one attached hydrogen (secondary N) is 1. The zero-order chi connectivity index (χ0) is 12.2. The monoisotopic (exact) mass is 234 g/mol. The Balaban J connectivity index is 2.62. The van der Waals surface area contributed by atoms with E-state index >= 15 is 0 Å². The van der Waals surface area contributed by atoms with Crippen molar-refractivity contribution in [2.45, 2.75) is 25.7 Å². The molecule has 90 valence electrons. The van der Waals surface area contributed by atoms with Crippen molar-refractivity contribution in [2.24, 2.45) is 0 Å². The molecule has 0 radical (unpaired) electrons. The van der Waals surface area contributed by atoms with Crippen LogP contribution in [0.5, 0.6) is 5.88 Å². The Hall–Kier alpha value is -1.30. The number of nitrogens with zero attached hydrogens (tertiary/aromatic N) is 1. The number of hydrogen-bond donors (Lipinski definition) is 1. The summed E-state index contributed by atoms with van der Waals surface area (Å²) in [6, 6.07) is 3.09. The largest absolute Gasteiger partial charge is 0.465 e. The number of rotatable bonds is 4. The van der Waals surface area contributed by atoms with Gasteiger partial charge in [0.05, 0.1) is 0 Å². The van der Waals surface area contributed by atoms with Gasteiger partial charge in [-0.2, -0.15) is 13.2 Å². The first-order valence-electron chi connectivity index (χ1n) is 4.76. The number of pyridine rings is 1. The molecule has 0 bridgehead atoms. The maximum atomic E-state index is 12.2. The van der Waals surface area contributed by atoms with E-state index in [0.29, 0.717) is 6.54 Å². The van der Waals surface area contributed by atoms with Gasteiger partial charge in [-0.15, -0.1) is 0 Å². The van der Waals surface area contributed by atoms with E-state index in [1.54, 1.807) is 13.1 Å². The van der Waals surface area contributed by atoms with E-state index < -0.39 is 12.3 Å². The molecule has 0 saturated heterocycles. The van der Waals surface area contributed by atoms with Crippen molar-refractivity contribution in [1.29, 1.82) is 0 Å². The number of alkyl halides is 3. The molecule has 0 aromatic carbocycles. The topological polar surface area (TPSA) is 34.1 Å². The van der Waals surface area contributed by atoms with Crippen molar-refractivity contribution in [3.8, 4) is 5.88 Å². The summed E-state index contributed by atoms with van der Waals surface area (Å²) in [6.07, 6.45) is -4.74. The molecule has 3 nitrogen and oxygen atoms in total. The van der Waals surface area contributed by atoms with Crippen LogP contribution in [-0.4, -0.2) is 24.3 Å². The van der Waals surface area contributed by atoms with E-state index in [4.69, 9.17) is 0 Å². The quantitative estimate of drug-likeness (QED) is 0.866. The van der Waals surface area contributed by atoms with Crippen LogP contribution in [0.4, 0.5) is 13.2 Å². The predicted octanol–water partition coefficient (Wildman–Crippen LogP) is 2.13. The van der Waals surface area contributed by atoms with Crippen LogP contribution >= 0.6 is 0 Å². The van der Waals surface area contributed by atoms with Crippen LogP contribution in [0.15, 0.2) is 18.3 Å². The molecule has 0 aliphatic rings. The van der Waals surface area contributed by atoms with Gasteiger partial charge in [0.25, 0.3) is 0 Å². The molecule has 1 rings (SSSR count). The molecule has 1 N–H and O–H groups in total. The van der Waals surface area contributed by atoms with Gasteiger partial charge in [-0.05, 0) is 19.5 Å². The van der Waals surface area contributed by atoms with Gasteiger partial charge in [0.1, 0.15) is 0 Å². The molecule has 1 heterocycles. The van der Waals surface area contributed by atoms with Crippen molar-refractivity contribution >= 4 is 0 Å². The summed E-state index contributed by atoms with van der Waals surface area (Å²) >= 11 is 0. The van der Waals surface area contributed by atoms with Crippen LogP contribution < -0.4 is 10.1 Å². The summed E-state index contributed by atoms with van der Waals surface area (Å²) in [6.45, 7) is 1.56. The lowest BCUT2D eigenvalue weighted by Crippen LogP contribution is -2.31. The molecule has 0 spiro atoms. The maximum absolute atomic E-state index is 12.2. The normalized spacial score (nSPS) is 13.6. The van der Waals surface area contributed by atoms with Crippen LogP contribution in [0.3, 0.4) is 0 Å². The molecule has 1 aromatic heterocycles. The number of aromatic nitrogens is 1. The summed E-state index contributed by atoms with van der Waals surface area (Å²) < 4.78 is 41.2. The summed E-state index contributed by atoms with van der Waals surface area (Å²) in [5.41, 5.74) is 0.884. The van der Waals surface area contributed by atoms with Crippen molar-refractivity contribution in [1.82, 2.24) is 10.3 Å². The van der Waals surface area contributed by atoms with Gasteiger partial charge in [-0.3, -0.25) is 0 Å². The van der Waals surface area contributed by atoms with Crippen LogP contribution in [0.2, 0.25) is 0 Å². The van der Waals surface area contributed by atoms with E-state index in [1.807, 2.05) is 0 Å². The molecule has 6 heteroatoms. The predicted molar refractivity (Wildman–Crippen MR) is 53.1 cm³/mol. The van der Waals surface area contributed by atoms with Gasteiger partial charge < -0.3 is 10.1 Å². The van der Waals surface area contributed by atoms with Crippen molar-refractivity contribution < 1.29 is 17.9 Å². The van der Waals surface area contributed by atoms with Gasteiger partial charge >= 0.3 is 6.18 Å². The van der Waals surface area contributed by atoms with Gasteiger partial charge in [0, 0.05) is 18.8 Å². The second kappa shape index (κ2) is 5.16. The molecule has 1 atom stereocenters. The number of hydrogen-bond acceptors (Lipinski definition) is 3. The molecule has 0 saturated carbocycles. The van der Waals surface area contributed by atoms with Crippen molar-refractivity contribution in [3.63, 3.8) is 0 Å². The van der Waals surface area contributed by atoms with Crippen LogP contribution in [0, 0.1) is 0 Å². The molecule has 1 aromatic rings. The second-order valence-electron chi connectivity index (χ2n) is 3.34. The SMILES string of the molecule is CNCc1ccc(OC(C)C(F)(F)F)nc1. The van der Waals surface area contributed by atoms with Gasteiger partial charge in [0.15, 0.2) is 6.10 Å². The van der Waals surface area contributed by atoms with E-state index in [-0.39, 0.29) is 5.88 Å². The summed E-state index contributed by atoms with van der Waals surface area (Å²) in [5.74, 6) is -0.0234. The van der Waals surface area contributed by atoms with E-state index in [1.165, 1.54) is 12.3 Å². The highest BCUT2D eigenvalue weighted by Crippen LogP contribution is 2.23. The molecule has 0 aliphatic carbocycles. The Morgan fingerprint density at radius 3 is 2.56 bits per heavy atom. The van der Waals surface area contributed by atoms with Gasteiger partial charge in [0.2, 0.25) is 5.88 Å². The van der Waals surface area contributed by atoms with E-state index in [0.717, 1.165) is 12.5 Å². The van der Waals surface area contributed by atoms with Crippen LogP contribution in [-0.2, 0) is 6.54 Å². The minimum Gasteiger partial charge on any atom is -0.465 e. The summed E-state index contributed by atoms with van der Waals surface area (Å²) in [4.78, 5) is 3.79. The third kappa shape index (κ3) is 3.69. The zero-order valence-electron chi connectivity index (χ0n) is 9.01. The lowest BCUT2D eigenvalue weighted by Gasteiger charge is -2.16. The molecule has 16 heavy (non-hydrogen) atoms. The fourth-order valence-corrected chi connectivity index (χ4v) is 1.04. The third-order valence-corrected chi connectivity index (χ3v) is 1.94. The number of ether oxygens (including phenoxy) is 1. The first-order chi connectivity index (χ1) is 7.43. The van der Waals surface area contributed by atoms with Crippen LogP contribution in [0.1, 0.15) is 12.5 Å². The van der Waals surface area contributed by atoms with Crippen molar-refractivity contribution in [2.75, 3.05) is 7.05 Å². The van der Waals surface area contributed by atoms with Crippen LogP contribution in [0.25, 0.3) is 0 Å². The number of halogens is 3. The Kier molecular flexibility index (Phi) is 4.12. The average Bonchev–Trinajstić information content (AvgIpc) is 2.20. The first kappa shape index (κ1) is 12.8. The van der Waals surface area contributed by atoms with E-state index in [9.17, 15) is 13.2 Å². The molecule has 0 fully saturated rings. The second-order valence-corrected chi connectivity index (χ2v) is 3.34. The Labute approximate surface area is 91.6 Å². The van der Waals surface area contributed by atoms with Crippen molar-refractivity contribution in [3.05, 3.63) is 23.9 Å². The Morgan fingerprint density at radius 1 is 1.44 bits per heavy atom. The highest BCUT2D eigenvalue weighted by molar-refractivity contribution is 5.17. The standard InChI is InChI=1S/C10H13F3N2O/c1-7(10(11,12)13)16-9-4-3-8(5-14-2)6-15-9/h3-4,6-7,14H,5H2,1-2H3. The van der Waals surface area contributed by atoms with Gasteiger partial charge in [-0.25, -0.2) is 4.98 Å². The zero-order valence-corrected chi connectivity index (χ0v) is 9.01. The average molecular weight is 234 g/mol. The van der Waals surface area contributed by atoms with E-state index in [2.05, 4.69) is 15.0 Å². The lowest BCUT2D eigenvalue weighted by atomic mass is 10.3. The smallest absolute Gasteiger partial charge is 0.425 e. The molecule has 1 unspecified atom stereocenters. The maximum Gasteiger partial charge on any atom is 0.425 e. The summed E-state index contributed by atoms with van der Waals surface area (Å²) in [5, 5.41) is 2.91. The first-order valence-corrected chi connectivity index (χ1v) is 4.76. The molecule has 0 amide bonds. The molecule has 0 aliphatic heterocycles. The Bertz CT molecular complexity index is 324. The fourth-order valence-electron chi connectivity index (χ4n) is 1.04. The van der Waals surface area contributed by atoms with Gasteiger partial charge in [-0.1, -0.05) is 6.07 Å². The Morgan fingerprint density at radius 2 is 2.12 bits per heavy atom. The minimum atomic E-state index is -4.37.